The number of carbonyl (C=O) groups excluding carboxylic acids is 2. The Morgan fingerprint density at radius 1 is 0.630 bits per heavy atom. The fraction of sp³-hybridized carbons (Fsp3) is 0.0488. The van der Waals surface area contributed by atoms with E-state index < -0.39 is 11.9 Å². The molecule has 46 heavy (non-hydrogen) atoms. The van der Waals surface area contributed by atoms with E-state index in [2.05, 4.69) is 84.5 Å². The summed E-state index contributed by atoms with van der Waals surface area (Å²) in [7, 11) is 0. The number of esters is 2. The maximum Gasteiger partial charge on any atom is 0.335 e. The van der Waals surface area contributed by atoms with E-state index in [0.717, 1.165) is 51.0 Å². The molecule has 5 rings (SSSR count). The van der Waals surface area contributed by atoms with E-state index >= 15 is 0 Å². The fourth-order valence-electron chi connectivity index (χ4n) is 4.83. The lowest BCUT2D eigenvalue weighted by atomic mass is 9.98. The summed E-state index contributed by atoms with van der Waals surface area (Å²) >= 11 is 0. The van der Waals surface area contributed by atoms with Gasteiger partial charge in [0.05, 0.1) is 6.61 Å². The van der Waals surface area contributed by atoms with E-state index in [1.165, 1.54) is 6.08 Å². The number of nitrogens with zero attached hydrogens (tertiary/aromatic N) is 1. The Labute approximate surface area is 269 Å². The molecule has 0 aliphatic carbocycles. The van der Waals surface area contributed by atoms with Crippen LogP contribution in [0.15, 0.2) is 165 Å². The molecular weight excluding hydrogens is 570 g/mol. The van der Waals surface area contributed by atoms with Gasteiger partial charge in [-0.25, -0.2) is 9.59 Å². The quantitative estimate of drug-likeness (QED) is 0.0616. The Morgan fingerprint density at radius 2 is 1.17 bits per heavy atom. The Balaban J connectivity index is 1.42. The molecule has 0 fully saturated rings. The molecule has 0 heterocycles. The van der Waals surface area contributed by atoms with Gasteiger partial charge in [0.1, 0.15) is 5.75 Å². The third kappa shape index (κ3) is 8.26. The Morgan fingerprint density at radius 3 is 1.78 bits per heavy atom. The minimum atomic E-state index is -0.499. The summed E-state index contributed by atoms with van der Waals surface area (Å²) < 4.78 is 10.4. The summed E-state index contributed by atoms with van der Waals surface area (Å²) in [5.74, 6) is -0.465. The van der Waals surface area contributed by atoms with E-state index in [1.54, 1.807) is 12.1 Å². The maximum atomic E-state index is 11.6. The number of benzene rings is 5. The van der Waals surface area contributed by atoms with Gasteiger partial charge in [-0.05, 0) is 76.9 Å². The summed E-state index contributed by atoms with van der Waals surface area (Å²) in [5, 5.41) is 0. The number of carbonyl (C=O) groups is 2. The molecule has 0 aliphatic rings. The van der Waals surface area contributed by atoms with Gasteiger partial charge in [0, 0.05) is 41.2 Å². The van der Waals surface area contributed by atoms with Gasteiger partial charge in [0.25, 0.3) is 0 Å². The summed E-state index contributed by atoms with van der Waals surface area (Å²) in [6, 6.07) is 44.2. The summed E-state index contributed by atoms with van der Waals surface area (Å²) in [6.45, 7) is 7.19. The molecule has 0 unspecified atom stereocenters. The summed E-state index contributed by atoms with van der Waals surface area (Å²) in [4.78, 5) is 25.2. The van der Waals surface area contributed by atoms with E-state index in [1.807, 2.05) is 66.7 Å². The predicted octanol–water partition coefficient (Wildman–Crippen LogP) is 9.26. The van der Waals surface area contributed by atoms with Gasteiger partial charge in [-0.1, -0.05) is 98.1 Å². The zero-order valence-corrected chi connectivity index (χ0v) is 25.3. The van der Waals surface area contributed by atoms with Crippen LogP contribution in [0.3, 0.4) is 0 Å². The van der Waals surface area contributed by atoms with Crippen LogP contribution in [0.4, 0.5) is 17.1 Å². The van der Waals surface area contributed by atoms with Gasteiger partial charge in [-0.2, -0.15) is 0 Å². The van der Waals surface area contributed by atoms with Crippen LogP contribution in [-0.2, 0) is 20.7 Å². The van der Waals surface area contributed by atoms with Crippen molar-refractivity contribution in [2.45, 2.75) is 6.42 Å². The highest BCUT2D eigenvalue weighted by Crippen LogP contribution is 2.35. The van der Waals surface area contributed by atoms with Gasteiger partial charge < -0.3 is 14.4 Å². The molecule has 0 aliphatic heterocycles. The molecule has 0 N–H and O–H groups in total. The summed E-state index contributed by atoms with van der Waals surface area (Å²) in [5.41, 5.74) is 11.5. The number of anilines is 3. The van der Waals surface area contributed by atoms with Crippen molar-refractivity contribution in [3.05, 3.63) is 187 Å². The normalized spacial score (nSPS) is 10.2. The molecule has 0 spiro atoms. The van der Waals surface area contributed by atoms with Crippen LogP contribution >= 0.6 is 0 Å². The van der Waals surface area contributed by atoms with Crippen LogP contribution in [0.5, 0.6) is 5.75 Å². The molecule has 0 aromatic heterocycles. The van der Waals surface area contributed by atoms with E-state index in [9.17, 15) is 9.59 Å². The van der Waals surface area contributed by atoms with Gasteiger partial charge >= 0.3 is 11.9 Å². The van der Waals surface area contributed by atoms with Crippen LogP contribution in [0.25, 0.3) is 11.6 Å². The zero-order chi connectivity index (χ0) is 32.1. The standard InChI is InChI=1S/C41H33NO4/c1-3-40(43)45-30-29-32-17-24-37(25-18-32)42(35-13-9-6-10-14-35)36-22-15-31(16-23-36)19-28-39(33-11-7-5-8-12-33)34-20-26-38(27-21-34)46-41(44)4-2/h3-27H,1-2,29-30H2. The molecule has 0 saturated carbocycles. The van der Waals surface area contributed by atoms with Gasteiger partial charge in [0.15, 0.2) is 0 Å². The van der Waals surface area contributed by atoms with Gasteiger partial charge in [-0.15, -0.1) is 5.73 Å². The highest BCUT2D eigenvalue weighted by molar-refractivity contribution is 5.85. The van der Waals surface area contributed by atoms with Crippen molar-refractivity contribution in [2.75, 3.05) is 11.5 Å². The molecule has 0 bridgehead atoms. The second-order valence-corrected chi connectivity index (χ2v) is 10.2. The molecule has 226 valence electrons. The lowest BCUT2D eigenvalue weighted by molar-refractivity contribution is -0.137. The average molecular weight is 604 g/mol. The molecule has 0 amide bonds. The molecular formula is C41H33NO4. The first-order valence-corrected chi connectivity index (χ1v) is 14.8. The monoisotopic (exact) mass is 603 g/mol. The van der Waals surface area contributed by atoms with Crippen LogP contribution in [0.2, 0.25) is 0 Å². The number of para-hydroxylation sites is 1. The van der Waals surface area contributed by atoms with Crippen molar-refractivity contribution in [2.24, 2.45) is 0 Å². The van der Waals surface area contributed by atoms with Gasteiger partial charge in [-0.3, -0.25) is 0 Å². The van der Waals surface area contributed by atoms with E-state index in [-0.39, 0.29) is 0 Å². The predicted molar refractivity (Wildman–Crippen MR) is 185 cm³/mol. The third-order valence-electron chi connectivity index (χ3n) is 7.14. The third-order valence-corrected chi connectivity index (χ3v) is 7.14. The Bertz CT molecular complexity index is 1850. The topological polar surface area (TPSA) is 55.8 Å². The molecule has 5 aromatic rings. The molecule has 5 aromatic carbocycles. The van der Waals surface area contributed by atoms with Crippen molar-refractivity contribution >= 4 is 40.6 Å². The van der Waals surface area contributed by atoms with Crippen molar-refractivity contribution in [3.8, 4) is 5.75 Å². The minimum Gasteiger partial charge on any atom is -0.462 e. The minimum absolute atomic E-state index is 0.304. The Hall–Kier alpha value is -6.16. The first-order chi connectivity index (χ1) is 22.5. The molecule has 5 heteroatoms. The average Bonchev–Trinajstić information content (AvgIpc) is 3.11. The first kappa shape index (κ1) is 31.3. The van der Waals surface area contributed by atoms with Gasteiger partial charge in [0.2, 0.25) is 0 Å². The second-order valence-electron chi connectivity index (χ2n) is 10.2. The molecule has 0 radical (unpaired) electrons. The highest BCUT2D eigenvalue weighted by atomic mass is 16.5. The first-order valence-electron chi connectivity index (χ1n) is 14.8. The number of hydrogen-bond donors (Lipinski definition) is 0. The molecule has 5 nitrogen and oxygen atoms in total. The fourth-order valence-corrected chi connectivity index (χ4v) is 4.83. The number of ether oxygens (including phenoxy) is 2. The summed E-state index contributed by atoms with van der Waals surface area (Å²) in [6.07, 6.45) is 4.91. The van der Waals surface area contributed by atoms with Crippen molar-refractivity contribution < 1.29 is 19.1 Å². The smallest absolute Gasteiger partial charge is 0.335 e. The van der Waals surface area contributed by atoms with E-state index in [0.29, 0.717) is 18.8 Å². The number of rotatable bonds is 12. The van der Waals surface area contributed by atoms with E-state index in [4.69, 9.17) is 9.47 Å². The van der Waals surface area contributed by atoms with Crippen molar-refractivity contribution in [1.82, 2.24) is 0 Å². The molecule has 0 saturated heterocycles. The highest BCUT2D eigenvalue weighted by Gasteiger charge is 2.12. The Kier molecular flexibility index (Phi) is 10.6. The lowest BCUT2D eigenvalue weighted by Gasteiger charge is -2.25. The lowest BCUT2D eigenvalue weighted by Crippen LogP contribution is -2.10. The van der Waals surface area contributed by atoms with Crippen molar-refractivity contribution in [3.63, 3.8) is 0 Å². The van der Waals surface area contributed by atoms with Crippen LogP contribution < -0.4 is 9.64 Å². The molecule has 0 atom stereocenters. The van der Waals surface area contributed by atoms with Crippen LogP contribution in [0.1, 0.15) is 22.3 Å². The van der Waals surface area contributed by atoms with Crippen LogP contribution in [-0.4, -0.2) is 18.5 Å². The largest absolute Gasteiger partial charge is 0.462 e. The number of hydrogen-bond acceptors (Lipinski definition) is 5. The zero-order valence-electron chi connectivity index (χ0n) is 25.3. The van der Waals surface area contributed by atoms with Crippen molar-refractivity contribution in [1.29, 1.82) is 0 Å². The second kappa shape index (κ2) is 15.5. The maximum absolute atomic E-state index is 11.6. The SMILES string of the molecule is C=CC(=O)OCCc1ccc(N(c2ccccc2)c2ccc(C=C=C(c3ccccc3)c3ccc(OC(=O)C=C)cc3)cc2)cc1. The van der Waals surface area contributed by atoms with Crippen LogP contribution in [0, 0.1) is 0 Å².